The molecule has 4 aliphatic heterocycles. The molecule has 1 saturated heterocycles. The highest BCUT2D eigenvalue weighted by Crippen LogP contribution is 2.42. The van der Waals surface area contributed by atoms with Gasteiger partial charge in [-0.2, -0.15) is 5.01 Å². The van der Waals surface area contributed by atoms with Crippen molar-refractivity contribution in [3.63, 3.8) is 0 Å². The van der Waals surface area contributed by atoms with Crippen molar-refractivity contribution in [3.8, 4) is 0 Å². The lowest BCUT2D eigenvalue weighted by atomic mass is 10.0. The Morgan fingerprint density at radius 2 is 2.13 bits per heavy atom. The highest BCUT2D eigenvalue weighted by molar-refractivity contribution is 8.03. The number of carbonyl (C=O) groups is 5. The number of aromatic nitrogens is 1. The number of furan rings is 1. The average molecular weight is 688 g/mol. The van der Waals surface area contributed by atoms with Crippen LogP contribution in [0.2, 0.25) is 0 Å². The summed E-state index contributed by atoms with van der Waals surface area (Å²) in [5.41, 5.74) is 8.78. The molecule has 4 aliphatic rings. The number of carboxylic acid groups (broad SMARTS) is 2. The van der Waals surface area contributed by atoms with E-state index in [1.54, 1.807) is 13.0 Å². The molecule has 1 fully saturated rings. The highest BCUT2D eigenvalue weighted by atomic mass is 32.2. The number of amides is 3. The number of hydrogen-bond acceptors (Lipinski definition) is 16. The zero-order valence-electron chi connectivity index (χ0n) is 23.3. The first-order chi connectivity index (χ1) is 22.0. The highest BCUT2D eigenvalue weighted by Gasteiger charge is 2.54. The van der Waals surface area contributed by atoms with Crippen LogP contribution < -0.4 is 16.6 Å². The lowest BCUT2D eigenvalue weighted by molar-refractivity contribution is -0.150. The van der Waals surface area contributed by atoms with E-state index in [4.69, 9.17) is 15.0 Å². The molecule has 0 unspecified atom stereocenters. The normalized spacial score (nSPS) is 20.7. The molecule has 0 radical (unpaired) electrons. The van der Waals surface area contributed by atoms with Crippen LogP contribution in [0.1, 0.15) is 23.2 Å². The second-order valence-electron chi connectivity index (χ2n) is 9.58. The van der Waals surface area contributed by atoms with Gasteiger partial charge in [-0.3, -0.25) is 14.5 Å². The minimum absolute atomic E-state index is 0.00753. The predicted molar refractivity (Wildman–Crippen MR) is 163 cm³/mol. The number of hydrogen-bond donors (Lipinski definition) is 5. The summed E-state index contributed by atoms with van der Waals surface area (Å²) in [6, 6.07) is 1.68. The Morgan fingerprint density at radius 1 is 1.33 bits per heavy atom. The van der Waals surface area contributed by atoms with Gasteiger partial charge < -0.3 is 30.5 Å². The Hall–Kier alpha value is -5.12. The first-order valence-electron chi connectivity index (χ1n) is 13.0. The second-order valence-corrected chi connectivity index (χ2v) is 12.6. The lowest BCUT2D eigenvalue weighted by Crippen LogP contribution is -2.71. The van der Waals surface area contributed by atoms with Crippen molar-refractivity contribution in [3.05, 3.63) is 69.6 Å². The van der Waals surface area contributed by atoms with Gasteiger partial charge in [-0.25, -0.2) is 29.4 Å². The Morgan fingerprint density at radius 3 is 2.80 bits per heavy atom. The van der Waals surface area contributed by atoms with Crippen LogP contribution in [0.4, 0.5) is 9.93 Å². The quantitative estimate of drug-likeness (QED) is 0.108. The Labute approximate surface area is 270 Å². The first kappa shape index (κ1) is 30.9. The number of nitrogen functional groups attached to an aromatic ring is 1. The molecule has 46 heavy (non-hydrogen) atoms. The van der Waals surface area contributed by atoms with Crippen LogP contribution in [0.5, 0.6) is 0 Å². The van der Waals surface area contributed by atoms with Crippen LogP contribution in [0.25, 0.3) is 0 Å². The summed E-state index contributed by atoms with van der Waals surface area (Å²) >= 11 is 3.49. The van der Waals surface area contributed by atoms with E-state index < -0.39 is 47.0 Å². The molecule has 2 aromatic rings. The summed E-state index contributed by atoms with van der Waals surface area (Å²) in [4.78, 5) is 76.9. The minimum atomic E-state index is -1.32. The third kappa shape index (κ3) is 5.82. The van der Waals surface area contributed by atoms with Crippen LogP contribution in [-0.2, 0) is 19.2 Å². The van der Waals surface area contributed by atoms with Gasteiger partial charge in [0.05, 0.1) is 17.5 Å². The molecular formula is C25H21N9O9S3. The second kappa shape index (κ2) is 12.3. The van der Waals surface area contributed by atoms with Crippen LogP contribution in [-0.4, -0.2) is 94.3 Å². The fourth-order valence-electron chi connectivity index (χ4n) is 4.56. The summed E-state index contributed by atoms with van der Waals surface area (Å²) < 4.78 is 4.96. The molecule has 2 atom stereocenters. The van der Waals surface area contributed by atoms with Crippen molar-refractivity contribution in [1.29, 1.82) is 0 Å². The number of carboxylic acids is 1. The monoisotopic (exact) mass is 687 g/mol. The molecular weight excluding hydrogens is 667 g/mol. The maximum Gasteiger partial charge on any atom is 0.427 e. The van der Waals surface area contributed by atoms with Gasteiger partial charge in [-0.05, 0) is 30.7 Å². The molecule has 238 valence electrons. The van der Waals surface area contributed by atoms with Crippen molar-refractivity contribution in [1.82, 2.24) is 30.8 Å². The number of rotatable bonds is 9. The van der Waals surface area contributed by atoms with Gasteiger partial charge in [-0.1, -0.05) is 5.16 Å². The fraction of sp³-hybridized carbons (Fsp3) is 0.200. The van der Waals surface area contributed by atoms with Crippen molar-refractivity contribution in [2.24, 2.45) is 10.1 Å². The van der Waals surface area contributed by atoms with Gasteiger partial charge in [0.15, 0.2) is 16.7 Å². The van der Waals surface area contributed by atoms with Gasteiger partial charge >= 0.3 is 18.0 Å². The van der Waals surface area contributed by atoms with Crippen molar-refractivity contribution < 1.29 is 43.4 Å². The van der Waals surface area contributed by atoms with Gasteiger partial charge in [0, 0.05) is 22.6 Å². The number of thiazole rings is 1. The summed E-state index contributed by atoms with van der Waals surface area (Å²) in [5, 5.41) is 29.2. The average Bonchev–Trinajstić information content (AvgIpc) is 3.79. The number of hydrazine groups is 2. The SMILES string of the molecule is CC1=NC2=CN(C(=O)O)NN2C(SCC2=C(C(=O)O)N3C(=O)[C@@H](NC(=O)/C(=N\OC(=O)c4ccco4)c4csc(N)n4)[C@H]3SC2)=C1. The van der Waals surface area contributed by atoms with E-state index in [9.17, 15) is 34.2 Å². The maximum absolute atomic E-state index is 13.3. The van der Waals surface area contributed by atoms with E-state index >= 15 is 0 Å². The number of allylic oxidation sites excluding steroid dienone is 1. The van der Waals surface area contributed by atoms with Crippen LogP contribution in [0, 0.1) is 0 Å². The zero-order valence-corrected chi connectivity index (χ0v) is 25.7. The van der Waals surface area contributed by atoms with Gasteiger partial charge in [0.1, 0.15) is 22.8 Å². The van der Waals surface area contributed by atoms with E-state index in [1.165, 1.54) is 58.5 Å². The number of thioether (sulfide) groups is 2. The van der Waals surface area contributed by atoms with Gasteiger partial charge in [0.25, 0.3) is 11.8 Å². The molecule has 3 amide bonds. The number of anilines is 1. The van der Waals surface area contributed by atoms with Crippen LogP contribution >= 0.6 is 34.9 Å². The Bertz CT molecular complexity index is 1810. The molecule has 6 heterocycles. The van der Waals surface area contributed by atoms with E-state index in [0.29, 0.717) is 22.1 Å². The Balaban J connectivity index is 1.16. The summed E-state index contributed by atoms with van der Waals surface area (Å²) in [6.07, 6.45) is 3.02. The largest absolute Gasteiger partial charge is 0.477 e. The third-order valence-electron chi connectivity index (χ3n) is 6.58. The van der Waals surface area contributed by atoms with Gasteiger partial charge in [0.2, 0.25) is 5.76 Å². The summed E-state index contributed by atoms with van der Waals surface area (Å²) in [5.74, 6) is -3.32. The van der Waals surface area contributed by atoms with E-state index in [2.05, 4.69) is 26.0 Å². The number of β-lactam (4-membered cyclic amide) rings is 1. The number of carbonyl (C=O) groups excluding carboxylic acids is 3. The first-order valence-corrected chi connectivity index (χ1v) is 15.9. The maximum atomic E-state index is 13.3. The van der Waals surface area contributed by atoms with Crippen molar-refractivity contribution >= 4 is 81.3 Å². The number of oxime groups is 1. The zero-order chi connectivity index (χ0) is 32.7. The molecule has 0 bridgehead atoms. The Kier molecular flexibility index (Phi) is 8.29. The summed E-state index contributed by atoms with van der Waals surface area (Å²) in [7, 11) is 0. The number of fused-ring (bicyclic) bond motifs is 2. The molecule has 0 spiro atoms. The molecule has 2 aromatic heterocycles. The third-order valence-corrected chi connectivity index (χ3v) is 9.69. The molecule has 0 aromatic carbocycles. The molecule has 0 aliphatic carbocycles. The molecule has 21 heteroatoms. The molecule has 18 nitrogen and oxygen atoms in total. The van der Waals surface area contributed by atoms with Crippen LogP contribution in [0.15, 0.2) is 72.7 Å². The number of nitrogens with one attached hydrogen (secondary N) is 2. The lowest BCUT2D eigenvalue weighted by Gasteiger charge is -2.49. The van der Waals surface area contributed by atoms with Crippen LogP contribution in [0.3, 0.4) is 0 Å². The predicted octanol–water partition coefficient (Wildman–Crippen LogP) is 1.18. The number of nitrogens with two attached hydrogens (primary N) is 1. The minimum Gasteiger partial charge on any atom is -0.477 e. The number of aliphatic imine (C=N–C) groups is 1. The summed E-state index contributed by atoms with van der Waals surface area (Å²) in [6.45, 7) is 1.74. The van der Waals surface area contributed by atoms with E-state index in [0.717, 1.165) is 21.2 Å². The number of aliphatic carboxylic acids is 1. The number of nitrogens with zero attached hydrogens (tertiary/aromatic N) is 6. The fourth-order valence-corrected chi connectivity index (χ4v) is 7.66. The molecule has 6 N–H and O–H groups in total. The van der Waals surface area contributed by atoms with E-state index in [-0.39, 0.29) is 33.8 Å². The van der Waals surface area contributed by atoms with Gasteiger partial charge in [-0.15, -0.1) is 40.4 Å². The standard InChI is InChI=1S/C25H21N9O9S3/c1-10-5-15(34-14(27-10)6-32(31-34)25(40)41)44-7-11-8-45-21-17(20(36)33(21)18(11)22(37)38)29-19(35)16(12-9-46-24(26)28-12)30-43-23(39)13-3-2-4-42-13/h2-6,9,17,21,31H,7-8H2,1H3,(H2,26,28)(H,29,35)(H,37,38)(H,40,41)/b30-16-/t17-,21-/m1/s1. The molecule has 6 rings (SSSR count). The van der Waals surface area contributed by atoms with Crippen molar-refractivity contribution in [2.75, 3.05) is 17.2 Å². The van der Waals surface area contributed by atoms with Crippen molar-refractivity contribution in [2.45, 2.75) is 18.3 Å². The smallest absolute Gasteiger partial charge is 0.427 e. The topological polar surface area (TPSA) is 246 Å². The molecule has 0 saturated carbocycles. The van der Waals surface area contributed by atoms with E-state index in [1.807, 2.05) is 0 Å².